The Balaban J connectivity index is 2.30. The number of anilines is 1. The molecule has 1 aliphatic rings. The summed E-state index contributed by atoms with van der Waals surface area (Å²) >= 11 is 0. The van der Waals surface area contributed by atoms with Crippen molar-refractivity contribution in [2.45, 2.75) is 12.1 Å². The minimum atomic E-state index is -0.537. The molecule has 100 valence electrons. The highest BCUT2D eigenvalue weighted by atomic mass is 16.6. The van der Waals surface area contributed by atoms with Crippen LogP contribution in [0.15, 0.2) is 18.2 Å². The fourth-order valence-corrected chi connectivity index (χ4v) is 2.19. The summed E-state index contributed by atoms with van der Waals surface area (Å²) in [6.45, 7) is 1.35. The van der Waals surface area contributed by atoms with Crippen molar-refractivity contribution in [2.75, 3.05) is 25.5 Å². The monoisotopic (exact) mass is 262 g/mol. The van der Waals surface area contributed by atoms with Crippen LogP contribution in [-0.4, -0.2) is 37.3 Å². The van der Waals surface area contributed by atoms with Gasteiger partial charge in [0.05, 0.1) is 17.1 Å². The average Bonchev–Trinajstić information content (AvgIpc) is 2.85. The molecule has 0 saturated carbocycles. The molecule has 1 aromatic carbocycles. The van der Waals surface area contributed by atoms with Crippen molar-refractivity contribution in [1.29, 1.82) is 5.26 Å². The standard InChI is InChI=1S/C12H14N4O3/c1-19-11-7-14-6-10(11)15-9-4-2-3-8(5-13)12(9)16(17)18/h2-4,10-11,14-15H,6-7H2,1H3/t10?,11-/m0/s1. The first-order valence-corrected chi connectivity index (χ1v) is 5.85. The zero-order valence-corrected chi connectivity index (χ0v) is 10.4. The third-order valence-electron chi connectivity index (χ3n) is 3.14. The SMILES string of the molecule is CO[C@H]1CNCC1Nc1cccc(C#N)c1[N+](=O)[O-]. The second-order valence-electron chi connectivity index (χ2n) is 4.25. The number of nitrogens with zero attached hydrogens (tertiary/aromatic N) is 2. The van der Waals surface area contributed by atoms with Crippen LogP contribution < -0.4 is 10.6 Å². The summed E-state index contributed by atoms with van der Waals surface area (Å²) in [5.74, 6) is 0. The van der Waals surface area contributed by atoms with Crippen molar-refractivity contribution in [3.05, 3.63) is 33.9 Å². The van der Waals surface area contributed by atoms with Gasteiger partial charge in [-0.1, -0.05) is 6.07 Å². The van der Waals surface area contributed by atoms with Crippen LogP contribution in [0.3, 0.4) is 0 Å². The number of hydrogen-bond donors (Lipinski definition) is 2. The summed E-state index contributed by atoms with van der Waals surface area (Å²) in [4.78, 5) is 10.6. The first-order chi connectivity index (χ1) is 9.17. The number of benzene rings is 1. The second-order valence-corrected chi connectivity index (χ2v) is 4.25. The molecule has 1 fully saturated rings. The molecular formula is C12H14N4O3. The van der Waals surface area contributed by atoms with Gasteiger partial charge in [0.1, 0.15) is 17.3 Å². The number of hydrogen-bond acceptors (Lipinski definition) is 6. The van der Waals surface area contributed by atoms with Gasteiger partial charge in [0.25, 0.3) is 0 Å². The first kappa shape index (κ1) is 13.3. The molecule has 1 saturated heterocycles. The lowest BCUT2D eigenvalue weighted by molar-refractivity contribution is -0.384. The van der Waals surface area contributed by atoms with E-state index in [0.717, 1.165) is 0 Å². The number of nitro benzene ring substituents is 1. The Hall–Kier alpha value is -2.17. The molecule has 1 aliphatic heterocycles. The number of nitrogens with one attached hydrogen (secondary N) is 2. The van der Waals surface area contributed by atoms with Crippen LogP contribution in [0.1, 0.15) is 5.56 Å². The highest BCUT2D eigenvalue weighted by molar-refractivity contribution is 5.69. The van der Waals surface area contributed by atoms with Crippen molar-refractivity contribution in [2.24, 2.45) is 0 Å². The van der Waals surface area contributed by atoms with Gasteiger partial charge in [-0.05, 0) is 12.1 Å². The Morgan fingerprint density at radius 3 is 3.00 bits per heavy atom. The fraction of sp³-hybridized carbons (Fsp3) is 0.417. The molecule has 7 nitrogen and oxygen atoms in total. The molecule has 0 aromatic heterocycles. The summed E-state index contributed by atoms with van der Waals surface area (Å²) in [6.07, 6.45) is -0.0506. The van der Waals surface area contributed by atoms with Crippen molar-refractivity contribution < 1.29 is 9.66 Å². The zero-order valence-electron chi connectivity index (χ0n) is 10.4. The highest BCUT2D eigenvalue weighted by Gasteiger charge is 2.29. The Kier molecular flexibility index (Phi) is 3.94. The van der Waals surface area contributed by atoms with E-state index < -0.39 is 4.92 Å². The average molecular weight is 262 g/mol. The van der Waals surface area contributed by atoms with Crippen molar-refractivity contribution in [1.82, 2.24) is 5.32 Å². The predicted molar refractivity (Wildman–Crippen MR) is 68.9 cm³/mol. The van der Waals surface area contributed by atoms with Crippen LogP contribution in [0.25, 0.3) is 0 Å². The molecule has 7 heteroatoms. The van der Waals surface area contributed by atoms with E-state index in [0.29, 0.717) is 18.8 Å². The van der Waals surface area contributed by atoms with Gasteiger partial charge in [-0.15, -0.1) is 0 Å². The van der Waals surface area contributed by atoms with Crippen LogP contribution >= 0.6 is 0 Å². The lowest BCUT2D eigenvalue weighted by Gasteiger charge is -2.19. The maximum Gasteiger partial charge on any atom is 0.309 e. The molecule has 0 aliphatic carbocycles. The maximum atomic E-state index is 11.1. The molecule has 1 heterocycles. The van der Waals surface area contributed by atoms with Gasteiger partial charge in [0.2, 0.25) is 0 Å². The van der Waals surface area contributed by atoms with E-state index in [4.69, 9.17) is 10.00 Å². The largest absolute Gasteiger partial charge is 0.378 e. The van der Waals surface area contributed by atoms with Gasteiger partial charge in [-0.25, -0.2) is 0 Å². The molecule has 1 unspecified atom stereocenters. The summed E-state index contributed by atoms with van der Waals surface area (Å²) in [7, 11) is 1.60. The van der Waals surface area contributed by atoms with Crippen LogP contribution in [0.2, 0.25) is 0 Å². The molecule has 2 N–H and O–H groups in total. The third-order valence-corrected chi connectivity index (χ3v) is 3.14. The summed E-state index contributed by atoms with van der Waals surface area (Å²) < 4.78 is 5.29. The van der Waals surface area contributed by atoms with Crippen LogP contribution in [0.4, 0.5) is 11.4 Å². The lowest BCUT2D eigenvalue weighted by Crippen LogP contribution is -2.33. The third kappa shape index (κ3) is 2.65. The van der Waals surface area contributed by atoms with Crippen molar-refractivity contribution in [3.8, 4) is 6.07 Å². The van der Waals surface area contributed by atoms with Gasteiger partial charge in [-0.2, -0.15) is 5.26 Å². The first-order valence-electron chi connectivity index (χ1n) is 5.85. The van der Waals surface area contributed by atoms with Gasteiger partial charge in [0.15, 0.2) is 0 Å². The van der Waals surface area contributed by atoms with E-state index in [2.05, 4.69) is 10.6 Å². The van der Waals surface area contributed by atoms with E-state index >= 15 is 0 Å². The summed E-state index contributed by atoms with van der Waals surface area (Å²) in [5, 5.41) is 26.3. The zero-order chi connectivity index (χ0) is 13.8. The number of nitro groups is 1. The molecule has 0 spiro atoms. The molecule has 2 atom stereocenters. The Bertz CT molecular complexity index is 526. The summed E-state index contributed by atoms with van der Waals surface area (Å²) in [6, 6.07) is 6.44. The van der Waals surface area contributed by atoms with Gasteiger partial charge < -0.3 is 15.4 Å². The molecule has 0 amide bonds. The summed E-state index contributed by atoms with van der Waals surface area (Å²) in [5.41, 5.74) is 0.210. The van der Waals surface area contributed by atoms with E-state index in [1.165, 1.54) is 6.07 Å². The molecular weight excluding hydrogens is 248 g/mol. The second kappa shape index (κ2) is 5.65. The normalized spacial score (nSPS) is 21.9. The van der Waals surface area contributed by atoms with E-state index in [1.807, 2.05) is 6.07 Å². The van der Waals surface area contributed by atoms with E-state index in [-0.39, 0.29) is 23.4 Å². The number of rotatable bonds is 4. The van der Waals surface area contributed by atoms with Crippen LogP contribution in [0, 0.1) is 21.4 Å². The number of ether oxygens (including phenoxy) is 1. The lowest BCUT2D eigenvalue weighted by atomic mass is 10.1. The van der Waals surface area contributed by atoms with Gasteiger partial charge in [0, 0.05) is 20.2 Å². The highest BCUT2D eigenvalue weighted by Crippen LogP contribution is 2.29. The Morgan fingerprint density at radius 1 is 1.58 bits per heavy atom. The van der Waals surface area contributed by atoms with Gasteiger partial charge >= 0.3 is 5.69 Å². The molecule has 2 rings (SSSR count). The van der Waals surface area contributed by atoms with E-state index in [1.54, 1.807) is 19.2 Å². The number of para-hydroxylation sites is 1. The maximum absolute atomic E-state index is 11.1. The molecule has 19 heavy (non-hydrogen) atoms. The number of nitriles is 1. The Labute approximate surface area is 110 Å². The number of methoxy groups -OCH3 is 1. The fourth-order valence-electron chi connectivity index (χ4n) is 2.19. The minimum absolute atomic E-state index is 0.0506. The predicted octanol–water partition coefficient (Wildman–Crippen LogP) is 0.865. The van der Waals surface area contributed by atoms with Crippen LogP contribution in [-0.2, 0) is 4.74 Å². The quantitative estimate of drug-likeness (QED) is 0.616. The van der Waals surface area contributed by atoms with Crippen molar-refractivity contribution in [3.63, 3.8) is 0 Å². The smallest absolute Gasteiger partial charge is 0.309 e. The molecule has 0 radical (unpaired) electrons. The van der Waals surface area contributed by atoms with E-state index in [9.17, 15) is 10.1 Å². The Morgan fingerprint density at radius 2 is 2.37 bits per heavy atom. The van der Waals surface area contributed by atoms with Gasteiger partial charge in [-0.3, -0.25) is 10.1 Å². The van der Waals surface area contributed by atoms with Crippen LogP contribution in [0.5, 0.6) is 0 Å². The minimum Gasteiger partial charge on any atom is -0.378 e. The van der Waals surface area contributed by atoms with Crippen molar-refractivity contribution >= 4 is 11.4 Å². The molecule has 1 aromatic rings. The topological polar surface area (TPSA) is 100 Å². The molecule has 0 bridgehead atoms.